The molecule has 176 valence electrons. The van der Waals surface area contributed by atoms with Crippen LogP contribution >= 0.6 is 0 Å². The maximum absolute atomic E-state index is 12.7. The first-order chi connectivity index (χ1) is 15.8. The Morgan fingerprint density at radius 3 is 2.50 bits per heavy atom. The molecule has 1 atom stereocenters. The predicted molar refractivity (Wildman–Crippen MR) is 130 cm³/mol. The number of benzene rings is 1. The van der Waals surface area contributed by atoms with Gasteiger partial charge in [0.05, 0.1) is 6.61 Å². The molecule has 3 nitrogen and oxygen atoms in total. The fraction of sp³-hybridized carbons (Fsp3) is 0.690. The molecule has 0 aromatic heterocycles. The van der Waals surface area contributed by atoms with E-state index in [1.165, 1.54) is 62.5 Å². The molecule has 0 N–H and O–H groups in total. The average molecular weight is 439 g/mol. The molecule has 1 aromatic rings. The van der Waals surface area contributed by atoms with Crippen molar-refractivity contribution in [1.82, 2.24) is 0 Å². The monoisotopic (exact) mass is 438 g/mol. The van der Waals surface area contributed by atoms with Gasteiger partial charge < -0.3 is 9.47 Å². The average Bonchev–Trinajstić information content (AvgIpc) is 3.09. The molecule has 0 radical (unpaired) electrons. The third kappa shape index (κ3) is 7.20. The normalized spacial score (nSPS) is 23.4. The minimum absolute atomic E-state index is 0.221. The summed E-state index contributed by atoms with van der Waals surface area (Å²) in [5.41, 5.74) is 2.78. The number of allylic oxidation sites excluding steroid dienone is 2. The highest BCUT2D eigenvalue weighted by Crippen LogP contribution is 2.34. The molecule has 1 aromatic carbocycles. The van der Waals surface area contributed by atoms with E-state index in [0.717, 1.165) is 63.6 Å². The molecule has 32 heavy (non-hydrogen) atoms. The highest BCUT2D eigenvalue weighted by atomic mass is 16.5. The van der Waals surface area contributed by atoms with Gasteiger partial charge >= 0.3 is 0 Å². The van der Waals surface area contributed by atoms with E-state index >= 15 is 0 Å². The van der Waals surface area contributed by atoms with Crippen LogP contribution in [0, 0.1) is 11.8 Å². The molecule has 2 aliphatic carbocycles. The maximum atomic E-state index is 12.7. The minimum atomic E-state index is 0.221. The number of carbonyl (C=O) groups is 1. The van der Waals surface area contributed by atoms with Gasteiger partial charge in [-0.15, -0.1) is 0 Å². The lowest BCUT2D eigenvalue weighted by atomic mass is 9.86. The molecule has 0 spiro atoms. The molecule has 1 heterocycles. The third-order valence-corrected chi connectivity index (χ3v) is 7.94. The van der Waals surface area contributed by atoms with Crippen LogP contribution in [0.25, 0.3) is 0 Å². The number of rotatable bonds is 9. The Morgan fingerprint density at radius 1 is 0.938 bits per heavy atom. The Labute approximate surface area is 195 Å². The molecule has 1 saturated heterocycles. The topological polar surface area (TPSA) is 35.5 Å². The fourth-order valence-electron chi connectivity index (χ4n) is 5.85. The quantitative estimate of drug-likeness (QED) is 0.298. The second-order valence-electron chi connectivity index (χ2n) is 10.3. The molecule has 1 aliphatic heterocycles. The maximum Gasteiger partial charge on any atom is 0.140 e. The summed E-state index contributed by atoms with van der Waals surface area (Å²) in [5.74, 6) is 3.19. The second kappa shape index (κ2) is 12.6. The van der Waals surface area contributed by atoms with Crippen molar-refractivity contribution in [2.75, 3.05) is 19.8 Å². The van der Waals surface area contributed by atoms with Gasteiger partial charge in [-0.1, -0.05) is 55.9 Å². The van der Waals surface area contributed by atoms with Crippen molar-refractivity contribution < 1.29 is 14.3 Å². The van der Waals surface area contributed by atoms with Crippen LogP contribution in [0.15, 0.2) is 35.9 Å². The second-order valence-corrected chi connectivity index (χ2v) is 10.3. The molecule has 0 bridgehead atoms. The molecule has 1 unspecified atom stereocenters. The lowest BCUT2D eigenvalue weighted by molar-refractivity contribution is -0.125. The largest absolute Gasteiger partial charge is 0.494 e. The zero-order valence-electron chi connectivity index (χ0n) is 19.9. The Balaban J connectivity index is 1.18. The first-order valence-corrected chi connectivity index (χ1v) is 13.3. The van der Waals surface area contributed by atoms with E-state index in [0.29, 0.717) is 18.1 Å². The van der Waals surface area contributed by atoms with E-state index in [2.05, 4.69) is 30.3 Å². The van der Waals surface area contributed by atoms with E-state index in [1.54, 1.807) is 0 Å². The van der Waals surface area contributed by atoms with Gasteiger partial charge in [-0.2, -0.15) is 0 Å². The van der Waals surface area contributed by atoms with Crippen molar-refractivity contribution >= 4 is 5.78 Å². The van der Waals surface area contributed by atoms with E-state index in [-0.39, 0.29) is 5.92 Å². The zero-order valence-corrected chi connectivity index (χ0v) is 19.9. The summed E-state index contributed by atoms with van der Waals surface area (Å²) in [6, 6.07) is 8.84. The van der Waals surface area contributed by atoms with Crippen LogP contribution in [0.4, 0.5) is 0 Å². The van der Waals surface area contributed by atoms with E-state index in [1.807, 2.05) is 0 Å². The van der Waals surface area contributed by atoms with Gasteiger partial charge in [0.2, 0.25) is 0 Å². The van der Waals surface area contributed by atoms with Gasteiger partial charge in [-0.05, 0) is 80.9 Å². The highest BCUT2D eigenvalue weighted by Gasteiger charge is 2.23. The number of Topliss-reactive ketones (excluding diaryl/α,β-unsaturated/α-hetero) is 1. The summed E-state index contributed by atoms with van der Waals surface area (Å²) >= 11 is 0. The van der Waals surface area contributed by atoms with Crippen LogP contribution in [0.1, 0.15) is 101 Å². The minimum Gasteiger partial charge on any atom is -0.494 e. The Morgan fingerprint density at radius 2 is 1.72 bits per heavy atom. The van der Waals surface area contributed by atoms with Gasteiger partial charge in [0.1, 0.15) is 11.5 Å². The summed E-state index contributed by atoms with van der Waals surface area (Å²) in [5, 5.41) is 0. The first kappa shape index (κ1) is 23.5. The summed E-state index contributed by atoms with van der Waals surface area (Å²) < 4.78 is 11.4. The third-order valence-electron chi connectivity index (χ3n) is 7.94. The van der Waals surface area contributed by atoms with Crippen LogP contribution in [0.3, 0.4) is 0 Å². The Hall–Kier alpha value is -1.61. The summed E-state index contributed by atoms with van der Waals surface area (Å²) in [6.07, 6.45) is 18.9. The van der Waals surface area contributed by atoms with Crippen LogP contribution in [-0.2, 0) is 9.53 Å². The first-order valence-electron chi connectivity index (χ1n) is 13.3. The van der Waals surface area contributed by atoms with Crippen LogP contribution in [0.2, 0.25) is 0 Å². The van der Waals surface area contributed by atoms with Crippen molar-refractivity contribution in [1.29, 1.82) is 0 Å². The Kier molecular flexibility index (Phi) is 9.26. The number of carbonyl (C=O) groups excluding carboxylic acids is 1. The summed E-state index contributed by atoms with van der Waals surface area (Å²) in [7, 11) is 0. The van der Waals surface area contributed by atoms with Crippen molar-refractivity contribution in [2.24, 2.45) is 11.8 Å². The molecule has 4 rings (SSSR count). The number of ether oxygens (including phenoxy) is 2. The predicted octanol–water partition coefficient (Wildman–Crippen LogP) is 7.40. The molecule has 2 fully saturated rings. The zero-order chi connectivity index (χ0) is 22.0. The number of ketones is 1. The standard InChI is InChI=1S/C29H42O3/c30-29(27-17-20-31-21-18-27)22-24-8-4-10-25(12-11-24)26-13-15-28(16-14-26)32-19-5-9-23-6-2-1-3-7-23/h8,13-16,23,25,27H,1-7,9-12,17-22H2. The highest BCUT2D eigenvalue weighted by molar-refractivity contribution is 5.83. The van der Waals surface area contributed by atoms with Crippen molar-refractivity contribution in [3.05, 3.63) is 41.5 Å². The molecule has 3 aliphatic rings. The summed E-state index contributed by atoms with van der Waals surface area (Å²) in [6.45, 7) is 2.34. The van der Waals surface area contributed by atoms with Gasteiger partial charge in [-0.3, -0.25) is 4.79 Å². The molecular weight excluding hydrogens is 396 g/mol. The fourth-order valence-corrected chi connectivity index (χ4v) is 5.85. The van der Waals surface area contributed by atoms with E-state index < -0.39 is 0 Å². The van der Waals surface area contributed by atoms with Crippen LogP contribution < -0.4 is 4.74 Å². The number of hydrogen-bond acceptors (Lipinski definition) is 3. The SMILES string of the molecule is O=C(CC1=CCCC(c2ccc(OCCCC3CCCCC3)cc2)CC1)C1CCOCC1. The molecule has 0 amide bonds. The van der Waals surface area contributed by atoms with Gasteiger partial charge in [0, 0.05) is 25.6 Å². The molecule has 3 heteroatoms. The molecule has 1 saturated carbocycles. The lowest BCUT2D eigenvalue weighted by Gasteiger charge is -2.21. The smallest absolute Gasteiger partial charge is 0.140 e. The lowest BCUT2D eigenvalue weighted by Crippen LogP contribution is -2.23. The van der Waals surface area contributed by atoms with Crippen molar-refractivity contribution in [3.63, 3.8) is 0 Å². The van der Waals surface area contributed by atoms with Crippen molar-refractivity contribution in [2.45, 2.75) is 95.8 Å². The van der Waals surface area contributed by atoms with E-state index in [9.17, 15) is 4.79 Å². The van der Waals surface area contributed by atoms with E-state index in [4.69, 9.17) is 9.47 Å². The molecular formula is C29H42O3. The Bertz CT molecular complexity index is 723. The van der Waals surface area contributed by atoms with Crippen LogP contribution in [-0.4, -0.2) is 25.6 Å². The van der Waals surface area contributed by atoms with Gasteiger partial charge in [0.15, 0.2) is 0 Å². The van der Waals surface area contributed by atoms with Crippen LogP contribution in [0.5, 0.6) is 5.75 Å². The summed E-state index contributed by atoms with van der Waals surface area (Å²) in [4.78, 5) is 12.7. The van der Waals surface area contributed by atoms with Gasteiger partial charge in [-0.25, -0.2) is 0 Å². The number of hydrogen-bond donors (Lipinski definition) is 0. The van der Waals surface area contributed by atoms with Crippen molar-refractivity contribution in [3.8, 4) is 5.75 Å². The van der Waals surface area contributed by atoms with Gasteiger partial charge in [0.25, 0.3) is 0 Å².